The highest BCUT2D eigenvalue weighted by Gasteiger charge is 2.60. The van der Waals surface area contributed by atoms with Crippen LogP contribution >= 0.6 is 0 Å². The molecule has 2 bridgehead atoms. The fourth-order valence-corrected chi connectivity index (χ4v) is 4.21. The Kier molecular flexibility index (Phi) is 3.28. The Morgan fingerprint density at radius 1 is 1.32 bits per heavy atom. The summed E-state index contributed by atoms with van der Waals surface area (Å²) in [6.45, 7) is 10.2. The van der Waals surface area contributed by atoms with Gasteiger partial charge in [-0.1, -0.05) is 38.1 Å². The Bertz CT molecular complexity index is 674. The fourth-order valence-electron chi connectivity index (χ4n) is 4.21. The predicted molar refractivity (Wildman–Crippen MR) is 87.8 cm³/mol. The number of amides is 1. The summed E-state index contributed by atoms with van der Waals surface area (Å²) in [5.41, 5.74) is 1.98. The van der Waals surface area contributed by atoms with Gasteiger partial charge in [0.25, 0.3) is 0 Å². The van der Waals surface area contributed by atoms with Gasteiger partial charge in [0.2, 0.25) is 5.91 Å². The Hall–Kier alpha value is -1.90. The van der Waals surface area contributed by atoms with E-state index in [1.807, 2.05) is 6.07 Å². The predicted octanol–water partition coefficient (Wildman–Crippen LogP) is 4.21. The van der Waals surface area contributed by atoms with E-state index in [1.165, 1.54) is 6.92 Å². The number of benzene rings is 1. The van der Waals surface area contributed by atoms with Crippen LogP contribution in [0.25, 0.3) is 0 Å². The van der Waals surface area contributed by atoms with E-state index < -0.39 is 5.41 Å². The molecule has 0 spiro atoms. The standard InChI is InChI=1S/C19H23NO2/c1-12(21)14-6-5-7-16(10-14)20-17(22)19-9-8-15(11-19)18(3,4)13(19)2/h5-7,10,15H,2,8-9,11H2,1,3-4H3,(H,20,22). The second-order valence-corrected chi connectivity index (χ2v) is 7.31. The van der Waals surface area contributed by atoms with Crippen molar-refractivity contribution in [2.75, 3.05) is 5.32 Å². The number of carbonyl (C=O) groups excluding carboxylic acids is 2. The summed E-state index contributed by atoms with van der Waals surface area (Å²) in [5, 5.41) is 3.01. The molecule has 0 aromatic heterocycles. The van der Waals surface area contributed by atoms with E-state index in [0.29, 0.717) is 17.2 Å². The Balaban J connectivity index is 1.85. The summed E-state index contributed by atoms with van der Waals surface area (Å²) >= 11 is 0. The molecule has 22 heavy (non-hydrogen) atoms. The molecular weight excluding hydrogens is 274 g/mol. The molecule has 0 aliphatic heterocycles. The third-order valence-corrected chi connectivity index (χ3v) is 5.85. The van der Waals surface area contributed by atoms with Crippen LogP contribution in [0.2, 0.25) is 0 Å². The highest BCUT2D eigenvalue weighted by molar-refractivity contribution is 6.00. The van der Waals surface area contributed by atoms with Gasteiger partial charge in [0.05, 0.1) is 5.41 Å². The molecule has 2 fully saturated rings. The molecule has 0 saturated heterocycles. The van der Waals surface area contributed by atoms with Gasteiger partial charge in [0.1, 0.15) is 0 Å². The number of rotatable bonds is 3. The van der Waals surface area contributed by atoms with Crippen molar-refractivity contribution >= 4 is 17.4 Å². The lowest BCUT2D eigenvalue weighted by Gasteiger charge is -2.37. The van der Waals surface area contributed by atoms with Gasteiger partial charge in [-0.2, -0.15) is 0 Å². The van der Waals surface area contributed by atoms with Crippen molar-refractivity contribution in [2.45, 2.75) is 40.0 Å². The summed E-state index contributed by atoms with van der Waals surface area (Å²) in [4.78, 5) is 24.4. The molecule has 0 radical (unpaired) electrons. The van der Waals surface area contributed by atoms with Crippen LogP contribution in [0.15, 0.2) is 36.4 Å². The van der Waals surface area contributed by atoms with Gasteiger partial charge in [-0.15, -0.1) is 0 Å². The highest BCUT2D eigenvalue weighted by Crippen LogP contribution is 2.65. The van der Waals surface area contributed by atoms with Crippen LogP contribution in [-0.4, -0.2) is 11.7 Å². The lowest BCUT2D eigenvalue weighted by molar-refractivity contribution is -0.123. The Morgan fingerprint density at radius 3 is 2.64 bits per heavy atom. The molecule has 1 aromatic carbocycles. The van der Waals surface area contributed by atoms with E-state index in [9.17, 15) is 9.59 Å². The lowest BCUT2D eigenvalue weighted by Crippen LogP contribution is -2.37. The molecule has 3 heteroatoms. The largest absolute Gasteiger partial charge is 0.325 e. The van der Waals surface area contributed by atoms with Crippen molar-refractivity contribution in [2.24, 2.45) is 16.7 Å². The average molecular weight is 297 g/mol. The first kappa shape index (κ1) is 15.0. The first-order valence-corrected chi connectivity index (χ1v) is 7.90. The molecule has 1 aromatic rings. The van der Waals surface area contributed by atoms with E-state index in [4.69, 9.17) is 0 Å². The van der Waals surface area contributed by atoms with Crippen molar-refractivity contribution in [3.05, 3.63) is 42.0 Å². The van der Waals surface area contributed by atoms with E-state index in [1.54, 1.807) is 18.2 Å². The van der Waals surface area contributed by atoms with Crippen molar-refractivity contribution < 1.29 is 9.59 Å². The van der Waals surface area contributed by atoms with Crippen molar-refractivity contribution in [3.8, 4) is 0 Å². The minimum absolute atomic E-state index is 0.00148. The zero-order valence-corrected chi connectivity index (χ0v) is 13.5. The minimum Gasteiger partial charge on any atom is -0.325 e. The number of carbonyl (C=O) groups is 2. The van der Waals surface area contributed by atoms with Crippen LogP contribution in [0.5, 0.6) is 0 Å². The molecule has 1 amide bonds. The monoisotopic (exact) mass is 297 g/mol. The Labute approximate surface area is 131 Å². The molecule has 3 nitrogen and oxygen atoms in total. The summed E-state index contributed by atoms with van der Waals surface area (Å²) in [6, 6.07) is 7.14. The number of anilines is 1. The summed E-state index contributed by atoms with van der Waals surface area (Å²) < 4.78 is 0. The second kappa shape index (κ2) is 4.80. The number of hydrogen-bond acceptors (Lipinski definition) is 2. The van der Waals surface area contributed by atoms with E-state index in [2.05, 4.69) is 25.7 Å². The molecule has 2 aliphatic rings. The van der Waals surface area contributed by atoms with Crippen LogP contribution in [0.4, 0.5) is 5.69 Å². The van der Waals surface area contributed by atoms with Gasteiger partial charge < -0.3 is 5.32 Å². The number of Topliss-reactive ketones (excluding diaryl/α,β-unsaturated/α-hetero) is 1. The van der Waals surface area contributed by atoms with Crippen molar-refractivity contribution in [1.82, 2.24) is 0 Å². The van der Waals surface area contributed by atoms with Crippen LogP contribution in [0.3, 0.4) is 0 Å². The number of nitrogens with one attached hydrogen (secondary N) is 1. The molecule has 116 valence electrons. The lowest BCUT2D eigenvalue weighted by atomic mass is 9.68. The molecule has 2 aliphatic carbocycles. The van der Waals surface area contributed by atoms with Gasteiger partial charge in [-0.25, -0.2) is 0 Å². The fraction of sp³-hybridized carbons (Fsp3) is 0.474. The quantitative estimate of drug-likeness (QED) is 0.671. The minimum atomic E-state index is -0.430. The maximum Gasteiger partial charge on any atom is 0.234 e. The first-order valence-electron chi connectivity index (χ1n) is 7.90. The molecule has 0 heterocycles. The summed E-state index contributed by atoms with van der Waals surface area (Å²) in [6.07, 6.45) is 2.88. The van der Waals surface area contributed by atoms with Gasteiger partial charge in [-0.3, -0.25) is 9.59 Å². The maximum atomic E-state index is 12.9. The first-order chi connectivity index (χ1) is 10.3. The summed E-state index contributed by atoms with van der Waals surface area (Å²) in [5.74, 6) is 0.585. The van der Waals surface area contributed by atoms with Gasteiger partial charge in [0.15, 0.2) is 5.78 Å². The SMILES string of the molecule is C=C1C2(C(=O)Nc3cccc(C(C)=O)c3)CCC(C2)C1(C)C. The Morgan fingerprint density at radius 2 is 2.05 bits per heavy atom. The number of fused-ring (bicyclic) bond motifs is 2. The van der Waals surface area contributed by atoms with Crippen molar-refractivity contribution in [3.63, 3.8) is 0 Å². The molecular formula is C19H23NO2. The van der Waals surface area contributed by atoms with Crippen LogP contribution < -0.4 is 5.32 Å². The third kappa shape index (κ3) is 2.03. The third-order valence-electron chi connectivity index (χ3n) is 5.85. The van der Waals surface area contributed by atoms with Crippen LogP contribution in [0, 0.1) is 16.7 Å². The zero-order chi connectivity index (χ0) is 16.1. The highest BCUT2D eigenvalue weighted by atomic mass is 16.2. The molecule has 2 unspecified atom stereocenters. The molecule has 1 N–H and O–H groups in total. The number of hydrogen-bond donors (Lipinski definition) is 1. The van der Waals surface area contributed by atoms with Crippen LogP contribution in [0.1, 0.15) is 50.4 Å². The zero-order valence-electron chi connectivity index (χ0n) is 13.5. The average Bonchev–Trinajstić information content (AvgIpc) is 2.99. The smallest absolute Gasteiger partial charge is 0.234 e. The molecule has 2 saturated carbocycles. The van der Waals surface area contributed by atoms with Crippen LogP contribution in [-0.2, 0) is 4.79 Å². The summed E-state index contributed by atoms with van der Waals surface area (Å²) in [7, 11) is 0. The molecule has 2 atom stereocenters. The molecule has 3 rings (SSSR count). The van der Waals surface area contributed by atoms with E-state index in [0.717, 1.165) is 24.8 Å². The van der Waals surface area contributed by atoms with Gasteiger partial charge in [-0.05, 0) is 49.7 Å². The maximum absolute atomic E-state index is 12.9. The van der Waals surface area contributed by atoms with Gasteiger partial charge in [0, 0.05) is 11.3 Å². The van der Waals surface area contributed by atoms with E-state index in [-0.39, 0.29) is 17.1 Å². The normalized spacial score (nSPS) is 28.7. The van der Waals surface area contributed by atoms with Gasteiger partial charge >= 0.3 is 0 Å². The second-order valence-electron chi connectivity index (χ2n) is 7.31. The topological polar surface area (TPSA) is 46.2 Å². The van der Waals surface area contributed by atoms with Crippen molar-refractivity contribution in [1.29, 1.82) is 0 Å². The number of ketones is 1. The van der Waals surface area contributed by atoms with E-state index >= 15 is 0 Å².